The first-order valence-corrected chi connectivity index (χ1v) is 14.0. The summed E-state index contributed by atoms with van der Waals surface area (Å²) in [6.07, 6.45) is 1.53. The van der Waals surface area contributed by atoms with Gasteiger partial charge in [0.1, 0.15) is 10.1 Å². The minimum atomic E-state index is -4.87. The van der Waals surface area contributed by atoms with E-state index in [1.54, 1.807) is 18.2 Å². The summed E-state index contributed by atoms with van der Waals surface area (Å²) in [7, 11) is -4.87. The van der Waals surface area contributed by atoms with E-state index in [4.69, 9.17) is 0 Å². The van der Waals surface area contributed by atoms with E-state index in [9.17, 15) is 33.7 Å². The Balaban J connectivity index is 0.00000616. The van der Waals surface area contributed by atoms with Crippen LogP contribution in [0, 0.1) is 0 Å². The number of hydrogen-bond acceptors (Lipinski definition) is 19. The Morgan fingerprint density at radius 3 is 2.02 bits per heavy atom. The SMILES string of the molecule is C=Cc1ccc(Nc2nc(Nc3cc(S(=O)(=O)[O-])ccc3SOO[O-])nc(N(CCO)CCO)n2)cc1SOO[O-].[Na+].[Na+].[Na+]. The molecule has 44 heavy (non-hydrogen) atoms. The first-order valence-electron chi connectivity index (χ1n) is 11.1. The summed E-state index contributed by atoms with van der Waals surface area (Å²) >= 11 is 1.06. The molecule has 1 heterocycles. The number of aliphatic hydroxyl groups excluding tert-OH is 2. The summed E-state index contributed by atoms with van der Waals surface area (Å²) in [5, 5.41) is 52.1. The van der Waals surface area contributed by atoms with Gasteiger partial charge in [0.25, 0.3) is 0 Å². The van der Waals surface area contributed by atoms with Gasteiger partial charge in [0.05, 0.1) is 52.8 Å². The fourth-order valence-electron chi connectivity index (χ4n) is 3.21. The Hall–Kier alpha value is -0.120. The fraction of sp³-hybridized carbons (Fsp3) is 0.190. The third kappa shape index (κ3) is 13.5. The molecular weight excluding hydrogens is 677 g/mol. The van der Waals surface area contributed by atoms with Gasteiger partial charge < -0.3 is 40.8 Å². The van der Waals surface area contributed by atoms with Crippen LogP contribution in [0.15, 0.2) is 57.7 Å². The largest absolute Gasteiger partial charge is 1.00 e. The monoisotopic (exact) mass is 698 g/mol. The van der Waals surface area contributed by atoms with E-state index in [1.807, 2.05) is 0 Å². The molecule has 0 radical (unpaired) electrons. The van der Waals surface area contributed by atoms with Gasteiger partial charge in [-0.15, -0.1) is 0 Å². The first kappa shape index (κ1) is 43.9. The Labute approximate surface area is 326 Å². The Morgan fingerprint density at radius 1 is 0.886 bits per heavy atom. The molecule has 23 heteroatoms. The molecule has 0 aliphatic heterocycles. The number of anilines is 5. The van der Waals surface area contributed by atoms with Gasteiger partial charge in [-0.2, -0.15) is 23.6 Å². The van der Waals surface area contributed by atoms with Gasteiger partial charge >= 0.3 is 88.7 Å². The summed E-state index contributed by atoms with van der Waals surface area (Å²) < 4.78 is 43.5. The maximum Gasteiger partial charge on any atom is 1.00 e. The van der Waals surface area contributed by atoms with Crippen LogP contribution >= 0.6 is 24.1 Å². The van der Waals surface area contributed by atoms with Crippen molar-refractivity contribution in [1.29, 1.82) is 0 Å². The average Bonchev–Trinajstić information content (AvgIpc) is 2.94. The van der Waals surface area contributed by atoms with E-state index in [0.717, 1.165) is 12.1 Å². The van der Waals surface area contributed by atoms with Gasteiger partial charge in [-0.3, -0.25) is 10.1 Å². The average molecular weight is 699 g/mol. The molecule has 0 fully saturated rings. The smallest absolute Gasteiger partial charge is 0.744 e. The van der Waals surface area contributed by atoms with E-state index in [1.165, 1.54) is 17.0 Å². The second-order valence-corrected chi connectivity index (χ2v) is 10.3. The summed E-state index contributed by atoms with van der Waals surface area (Å²) in [5.74, 6) is -0.235. The van der Waals surface area contributed by atoms with Gasteiger partial charge in [-0.1, -0.05) is 18.7 Å². The number of rotatable bonds is 17. The Bertz CT molecular complexity index is 1440. The van der Waals surface area contributed by atoms with Crippen LogP contribution in [0.2, 0.25) is 0 Å². The van der Waals surface area contributed by atoms with Gasteiger partial charge in [-0.25, -0.2) is 8.42 Å². The second kappa shape index (κ2) is 22.4. The predicted molar refractivity (Wildman–Crippen MR) is 140 cm³/mol. The molecule has 2 aromatic carbocycles. The molecule has 0 amide bonds. The van der Waals surface area contributed by atoms with Crippen LogP contribution < -0.4 is 115 Å². The van der Waals surface area contributed by atoms with Crippen molar-refractivity contribution in [1.82, 2.24) is 15.0 Å². The summed E-state index contributed by atoms with van der Waals surface area (Å²) in [6.45, 7) is 3.14. The normalized spacial score (nSPS) is 10.6. The maximum atomic E-state index is 11.6. The molecule has 3 rings (SSSR count). The minimum absolute atomic E-state index is 0. The minimum Gasteiger partial charge on any atom is -0.744 e. The quantitative estimate of drug-likeness (QED) is 0.0336. The van der Waals surface area contributed by atoms with Crippen molar-refractivity contribution in [2.24, 2.45) is 0 Å². The van der Waals surface area contributed by atoms with Gasteiger partial charge in [0, 0.05) is 23.7 Å². The summed E-state index contributed by atoms with van der Waals surface area (Å²) in [4.78, 5) is 14.3. The Kier molecular flexibility index (Phi) is 22.4. The second-order valence-electron chi connectivity index (χ2n) is 7.47. The molecule has 222 valence electrons. The maximum absolute atomic E-state index is 11.6. The molecule has 4 N–H and O–H groups in total. The van der Waals surface area contributed by atoms with Crippen LogP contribution in [0.3, 0.4) is 0 Å². The standard InChI is InChI=1S/C21H24N6O11S3.3Na/c1-2-13-3-4-14(11-18(13)40-38-36-31)22-19-24-20(26-21(25-19)27(7-9-28)8-10-29)23-16-12-15(41(32,33)34)5-6-17(16)39-37-35-30;;;/h2-6,11-12,28-31H,1,7-10H2,(H,32,33,34)(H2,22,23,24,25,26);;;/q;3*+1/p-3. The van der Waals surface area contributed by atoms with Crippen molar-refractivity contribution >= 4 is 69.5 Å². The molecule has 3 aromatic rings. The number of nitrogens with one attached hydrogen (secondary N) is 2. The van der Waals surface area contributed by atoms with Crippen LogP contribution in [0.25, 0.3) is 6.08 Å². The van der Waals surface area contributed by atoms with Gasteiger partial charge in [0.15, 0.2) is 0 Å². The molecule has 0 bridgehead atoms. The third-order valence-electron chi connectivity index (χ3n) is 4.93. The van der Waals surface area contributed by atoms with Crippen LogP contribution in [-0.4, -0.2) is 64.4 Å². The molecule has 17 nitrogen and oxygen atoms in total. The number of hydrogen-bond donors (Lipinski definition) is 4. The number of aliphatic hydroxyl groups is 2. The topological polar surface area (TPSA) is 247 Å². The van der Waals surface area contributed by atoms with Crippen LogP contribution in [0.5, 0.6) is 0 Å². The van der Waals surface area contributed by atoms with E-state index >= 15 is 0 Å². The predicted octanol–water partition coefficient (Wildman–Crippen LogP) is -8.83. The molecule has 0 unspecified atom stereocenters. The molecule has 0 atom stereocenters. The van der Waals surface area contributed by atoms with Gasteiger partial charge in [0.2, 0.25) is 17.8 Å². The van der Waals surface area contributed by atoms with Crippen molar-refractivity contribution < 1.29 is 141 Å². The van der Waals surface area contributed by atoms with E-state index in [-0.39, 0.29) is 143 Å². The summed E-state index contributed by atoms with van der Waals surface area (Å²) in [5.41, 5.74) is 0.992. The zero-order chi connectivity index (χ0) is 29.8. The van der Waals surface area contributed by atoms with Crippen molar-refractivity contribution in [3.8, 4) is 0 Å². The zero-order valence-electron chi connectivity index (χ0n) is 23.7. The van der Waals surface area contributed by atoms with Crippen LogP contribution in [-0.2, 0) is 28.9 Å². The molecular formula is C21H21N6Na3O11S3. The number of aromatic nitrogens is 3. The Morgan fingerprint density at radius 2 is 1.48 bits per heavy atom. The molecule has 0 aliphatic carbocycles. The zero-order valence-corrected chi connectivity index (χ0v) is 32.1. The summed E-state index contributed by atoms with van der Waals surface area (Å²) in [6, 6.07) is 8.05. The molecule has 0 spiro atoms. The van der Waals surface area contributed by atoms with E-state index in [0.29, 0.717) is 40.2 Å². The molecule has 0 saturated carbocycles. The van der Waals surface area contributed by atoms with Crippen molar-refractivity contribution in [3.63, 3.8) is 0 Å². The first-order chi connectivity index (χ1) is 19.7. The molecule has 0 saturated heterocycles. The van der Waals surface area contributed by atoms with Crippen molar-refractivity contribution in [3.05, 3.63) is 48.5 Å². The van der Waals surface area contributed by atoms with Crippen LogP contribution in [0.1, 0.15) is 5.56 Å². The third-order valence-corrected chi connectivity index (χ3v) is 7.07. The number of nitrogens with zero attached hydrogens (tertiary/aromatic N) is 4. The van der Waals surface area contributed by atoms with Gasteiger partial charge in [-0.05, 0) is 35.9 Å². The molecule has 0 aliphatic rings. The fourth-order valence-corrected chi connectivity index (χ4v) is 4.65. The van der Waals surface area contributed by atoms with Crippen LogP contribution in [0.4, 0.5) is 29.2 Å². The number of benzene rings is 2. The van der Waals surface area contributed by atoms with E-state index < -0.39 is 15.0 Å². The van der Waals surface area contributed by atoms with E-state index in [2.05, 4.69) is 50.9 Å². The van der Waals surface area contributed by atoms with Crippen molar-refractivity contribution in [2.45, 2.75) is 14.7 Å². The molecule has 1 aromatic heterocycles. The van der Waals surface area contributed by atoms with Crippen molar-refractivity contribution in [2.75, 3.05) is 41.8 Å².